The number of rotatable bonds is 42. The van der Waals surface area contributed by atoms with Crippen molar-refractivity contribution < 1.29 is 100 Å². The van der Waals surface area contributed by atoms with Crippen LogP contribution in [0.5, 0.6) is 0 Å². The molecule has 19 atom stereocenters. The first kappa shape index (κ1) is 82.9. The molecule has 1 aromatic carbocycles. The third-order valence-corrected chi connectivity index (χ3v) is 24.0. The number of carbonyl (C=O) groups excluding carboxylic acids is 11. The zero-order valence-electron chi connectivity index (χ0n) is 63.9. The number of nitrogens with one attached hydrogen (secondary N) is 4. The van der Waals surface area contributed by atoms with Crippen LogP contribution in [-0.2, 0) is 85.8 Å². The molecule has 10 aliphatic heterocycles. The van der Waals surface area contributed by atoms with Gasteiger partial charge < -0.3 is 69.0 Å². The van der Waals surface area contributed by atoms with Gasteiger partial charge in [0.05, 0.1) is 212 Å². The number of fused-ring (bicyclic) bond motifs is 5. The smallest absolute Gasteiger partial charge is 0.315 e. The predicted molar refractivity (Wildman–Crippen MR) is 410 cm³/mol. The van der Waals surface area contributed by atoms with Crippen molar-refractivity contribution in [2.24, 2.45) is 47.3 Å². The number of aliphatic hydroxyl groups is 1. The molecular weight excluding hydrogens is 1490 g/mol. The Morgan fingerprint density at radius 3 is 1.45 bits per heavy atom. The number of aryl methyl sites for hydroxylation is 1. The maximum absolute atomic E-state index is 14.9. The summed E-state index contributed by atoms with van der Waals surface area (Å²) in [5.74, 6) is -11.7. The van der Waals surface area contributed by atoms with Crippen LogP contribution in [-0.4, -0.2) is 284 Å². The van der Waals surface area contributed by atoms with Crippen LogP contribution in [0.15, 0.2) is 122 Å². The lowest BCUT2D eigenvalue weighted by Crippen LogP contribution is -2.38. The number of benzene rings is 1. The third kappa shape index (κ3) is 18.7. The quantitative estimate of drug-likeness (QED) is 0.0235. The monoisotopic (exact) mass is 1590 g/mol. The highest BCUT2D eigenvalue weighted by Crippen LogP contribution is 2.48. The second kappa shape index (κ2) is 39.1. The summed E-state index contributed by atoms with van der Waals surface area (Å²) in [6.07, 6.45) is 13.9. The number of pyridine rings is 2. The molecule has 10 saturated heterocycles. The minimum atomic E-state index is -1.15. The first-order valence-electron chi connectivity index (χ1n) is 39.5. The van der Waals surface area contributed by atoms with Crippen molar-refractivity contribution in [1.82, 2.24) is 50.8 Å². The normalized spacial score (nSPS) is 30.2. The van der Waals surface area contributed by atoms with E-state index in [1.165, 1.54) is 11.0 Å². The predicted octanol–water partition coefficient (Wildman–Crippen LogP) is 2.94. The van der Waals surface area contributed by atoms with E-state index in [1.807, 2.05) is 74.1 Å². The summed E-state index contributed by atoms with van der Waals surface area (Å²) in [6.45, 7) is 8.69. The molecule has 0 bridgehead atoms. The van der Waals surface area contributed by atoms with Crippen LogP contribution in [0.3, 0.4) is 0 Å². The summed E-state index contributed by atoms with van der Waals surface area (Å²) in [5.41, 5.74) is 3.46. The summed E-state index contributed by atoms with van der Waals surface area (Å²) >= 11 is 1.85. The zero-order valence-corrected chi connectivity index (χ0v) is 64.7. The summed E-state index contributed by atoms with van der Waals surface area (Å²) in [6, 6.07) is 16.6. The van der Waals surface area contributed by atoms with Crippen LogP contribution < -0.4 is 21.3 Å². The van der Waals surface area contributed by atoms with E-state index in [1.54, 1.807) is 67.1 Å². The highest BCUT2D eigenvalue weighted by atomic mass is 32.2. The first-order chi connectivity index (χ1) is 55.5. The Balaban J connectivity index is 0.648. The molecule has 0 aliphatic carbocycles. The molecule has 5 N–H and O–H groups in total. The van der Waals surface area contributed by atoms with Gasteiger partial charge in [0.1, 0.15) is 0 Å². The number of urea groups is 1. The molecule has 19 unspecified atom stereocenters. The van der Waals surface area contributed by atoms with Crippen molar-refractivity contribution in [2.45, 2.75) is 119 Å². The molecular formula is C82H100N10O21S. The molecule has 31 nitrogen and oxygen atoms in total. The molecule has 0 saturated carbocycles. The zero-order chi connectivity index (χ0) is 79.9. The van der Waals surface area contributed by atoms with Gasteiger partial charge >= 0.3 is 6.03 Å². The molecule has 13 rings (SSSR count). The van der Waals surface area contributed by atoms with Crippen LogP contribution in [0, 0.1) is 54.3 Å². The number of carbonyl (C=O) groups is 11. The van der Waals surface area contributed by atoms with Gasteiger partial charge in [-0.2, -0.15) is 11.8 Å². The molecule has 10 aliphatic rings. The Morgan fingerprint density at radius 1 is 0.526 bits per heavy atom. The van der Waals surface area contributed by atoms with Gasteiger partial charge in [-0.05, 0) is 61.6 Å². The maximum Gasteiger partial charge on any atom is 0.315 e. The van der Waals surface area contributed by atoms with Gasteiger partial charge in [-0.25, -0.2) is 4.79 Å². The van der Waals surface area contributed by atoms with E-state index in [4.69, 9.17) is 42.6 Å². The molecule has 3 aromatic rings. The molecule has 2 aromatic heterocycles. The molecule has 32 heteroatoms. The average molecular weight is 1590 g/mol. The van der Waals surface area contributed by atoms with E-state index in [0.29, 0.717) is 41.6 Å². The van der Waals surface area contributed by atoms with Crippen LogP contribution in [0.2, 0.25) is 0 Å². The van der Waals surface area contributed by atoms with Gasteiger partial charge in [-0.15, -0.1) is 6.58 Å². The summed E-state index contributed by atoms with van der Waals surface area (Å²) in [7, 11) is 0. The number of hydrogen-bond donors (Lipinski definition) is 5. The summed E-state index contributed by atoms with van der Waals surface area (Å²) < 4.78 is 54.8. The average Bonchev–Trinajstić information content (AvgIpc) is 1.59. The molecule has 0 radical (unpaired) electrons. The Morgan fingerprint density at radius 2 is 0.965 bits per heavy atom. The lowest BCUT2D eigenvalue weighted by molar-refractivity contribution is -0.145. The number of likely N-dealkylation sites (tertiary alicyclic amines) is 4. The standard InChI is InChI=1S/C82H100N10O21S/c1-4-6-30-89-75(97)66-55(17-16-49-12-8-7-9-13-49)111-57(67(66)76(89)98)20-21-59-70-71(81(103)92(80(70)102)33-39-109-44-42-106-36-29-86-73(95)50-25-27-84-52(46-50)51-45-48(3)24-26-83-51)61(113-59)23-22-60-69-68(78(100)91(79(69)101)31-37-107-40-34-93)58(112-60)19-18-56-65-64(54(5-2)110-56)74(96)90(77(65)99)32-38-108-43-41-105-35-28-85-63(94)15-11-10-14-62-72-53(47-114-62)87-82(104)88-72/h5,7-9,12-13,16-27,45-46,53-62,64-72,93H,2,4,6,10-11,14-15,28-44,47H2,1,3H3,(H,85,94)(H,86,95)(H2,87,88,104)/b17-16+,19-18-,21-20-,23-22-. The maximum atomic E-state index is 14.9. The Kier molecular flexibility index (Phi) is 28.4. The van der Waals surface area contributed by atoms with Gasteiger partial charge in [0, 0.05) is 55.0 Å². The highest BCUT2D eigenvalue weighted by molar-refractivity contribution is 8.00. The third-order valence-electron chi connectivity index (χ3n) is 22.5. The van der Waals surface area contributed by atoms with E-state index in [9.17, 15) is 57.8 Å². The number of imide groups is 4. The second-order valence-corrected chi connectivity index (χ2v) is 31.0. The van der Waals surface area contributed by atoms with Gasteiger partial charge in [0.2, 0.25) is 53.2 Å². The van der Waals surface area contributed by atoms with E-state index >= 15 is 0 Å². The number of nitrogens with zero attached hydrogens (tertiary/aromatic N) is 6. The van der Waals surface area contributed by atoms with Crippen molar-refractivity contribution in [3.05, 3.63) is 139 Å². The van der Waals surface area contributed by atoms with Gasteiger partial charge in [0.25, 0.3) is 5.91 Å². The summed E-state index contributed by atoms with van der Waals surface area (Å²) in [4.78, 5) is 166. The number of unbranched alkanes of at least 4 members (excludes halogenated alkanes) is 2. The van der Waals surface area contributed by atoms with Crippen molar-refractivity contribution in [3.8, 4) is 11.4 Å². The second-order valence-electron chi connectivity index (χ2n) is 29.7. The van der Waals surface area contributed by atoms with Gasteiger partial charge in [0.15, 0.2) is 0 Å². The Bertz CT molecular complexity index is 4150. The minimum Gasteiger partial charge on any atom is -0.394 e. The van der Waals surface area contributed by atoms with Crippen LogP contribution in [0.25, 0.3) is 17.5 Å². The number of ether oxygens (including phenoxy) is 9. The van der Waals surface area contributed by atoms with Crippen molar-refractivity contribution in [2.75, 3.05) is 118 Å². The summed E-state index contributed by atoms with van der Waals surface area (Å²) in [5, 5.41) is 21.4. The van der Waals surface area contributed by atoms with E-state index in [2.05, 4.69) is 37.8 Å². The molecule has 114 heavy (non-hydrogen) atoms. The van der Waals surface area contributed by atoms with Gasteiger partial charge in [-0.1, -0.05) is 105 Å². The minimum absolute atomic E-state index is 0.0107. The fraction of sp³-hybridized carbons (Fsp3) is 0.549. The van der Waals surface area contributed by atoms with Crippen LogP contribution in [0.1, 0.15) is 66.9 Å². The van der Waals surface area contributed by atoms with E-state index in [0.717, 1.165) is 57.3 Å². The van der Waals surface area contributed by atoms with E-state index in [-0.39, 0.29) is 147 Å². The molecule has 12 amide bonds. The lowest BCUT2D eigenvalue weighted by atomic mass is 9.86. The SMILES string of the molecule is C=CC1OC(/C=C\C2OC(/C=C\C3OC(/C=C\C4OC(/C=C/c5ccccc5)C5C(=O)N(CCCC)C(=O)C45)C4C(=O)N(CCOCCOCCNC(=O)c5ccnc(-c6cc(C)ccn6)c5)C(=O)C34)C3C(=O)N(CCOCCO)C(=O)C23)C2C(=O)N(CCOCCOCCNC(=O)CCCCC3SCC4NC(=O)NC43)C(=O)C12. The Labute approximate surface area is 665 Å². The van der Waals surface area contributed by atoms with Crippen molar-refractivity contribution in [3.63, 3.8) is 0 Å². The number of aromatic nitrogens is 2. The molecule has 0 spiro atoms. The fourth-order valence-corrected chi connectivity index (χ4v) is 18.4. The number of amides is 12. The van der Waals surface area contributed by atoms with Crippen molar-refractivity contribution in [1.29, 1.82) is 0 Å². The topological polar surface area (TPSA) is 378 Å². The van der Waals surface area contributed by atoms with Crippen LogP contribution >= 0.6 is 11.8 Å². The fourth-order valence-electron chi connectivity index (χ4n) is 16.9. The molecule has 10 fully saturated rings. The van der Waals surface area contributed by atoms with E-state index < -0.39 is 132 Å². The molecule has 12 heterocycles. The highest BCUT2D eigenvalue weighted by Gasteiger charge is 2.63. The largest absolute Gasteiger partial charge is 0.394 e. The van der Waals surface area contributed by atoms with Gasteiger partial charge in [-0.3, -0.25) is 77.5 Å². The lowest BCUT2D eigenvalue weighted by Gasteiger charge is -2.21. The molecule has 610 valence electrons. The number of aliphatic hydroxyl groups excluding tert-OH is 1. The number of thioether (sulfide) groups is 1. The van der Waals surface area contributed by atoms with Crippen LogP contribution in [0.4, 0.5) is 4.79 Å². The van der Waals surface area contributed by atoms with Crippen molar-refractivity contribution >= 4 is 82.9 Å². The first-order valence-corrected chi connectivity index (χ1v) is 40.6. The number of hydrogen-bond acceptors (Lipinski definition) is 24. The Hall–Kier alpha value is -9.06.